The van der Waals surface area contributed by atoms with Gasteiger partial charge in [0.05, 0.1) is 5.56 Å². The van der Waals surface area contributed by atoms with Crippen molar-refractivity contribution in [2.24, 2.45) is 0 Å². The van der Waals surface area contributed by atoms with Crippen LogP contribution in [0.1, 0.15) is 17.3 Å². The SMILES string of the molecule is CC(Br)CN(C)C(=O)c1cc(Br)ccc1F. The number of nitrogens with zero attached hydrogens (tertiary/aromatic N) is 1. The van der Waals surface area contributed by atoms with Gasteiger partial charge in [-0.2, -0.15) is 0 Å². The van der Waals surface area contributed by atoms with E-state index in [1.165, 1.54) is 17.0 Å². The number of rotatable bonds is 3. The van der Waals surface area contributed by atoms with Crippen LogP contribution in [-0.4, -0.2) is 29.2 Å². The fourth-order valence-electron chi connectivity index (χ4n) is 1.33. The molecule has 16 heavy (non-hydrogen) atoms. The fraction of sp³-hybridized carbons (Fsp3) is 0.364. The smallest absolute Gasteiger partial charge is 0.256 e. The van der Waals surface area contributed by atoms with Gasteiger partial charge in [-0.25, -0.2) is 4.39 Å². The lowest BCUT2D eigenvalue weighted by Gasteiger charge is -2.19. The van der Waals surface area contributed by atoms with E-state index in [9.17, 15) is 9.18 Å². The summed E-state index contributed by atoms with van der Waals surface area (Å²) in [6.45, 7) is 2.46. The Bertz CT molecular complexity index is 396. The van der Waals surface area contributed by atoms with Crippen LogP contribution < -0.4 is 0 Å². The molecule has 0 aliphatic heterocycles. The lowest BCUT2D eigenvalue weighted by molar-refractivity contribution is 0.0792. The van der Waals surface area contributed by atoms with Crippen LogP contribution in [0.5, 0.6) is 0 Å². The zero-order valence-corrected chi connectivity index (χ0v) is 12.2. The lowest BCUT2D eigenvalue weighted by atomic mass is 10.2. The van der Waals surface area contributed by atoms with Crippen molar-refractivity contribution in [2.75, 3.05) is 13.6 Å². The Hall–Kier alpha value is -0.420. The van der Waals surface area contributed by atoms with Crippen LogP contribution in [0.25, 0.3) is 0 Å². The molecular weight excluding hydrogens is 341 g/mol. The summed E-state index contributed by atoms with van der Waals surface area (Å²) in [7, 11) is 1.65. The van der Waals surface area contributed by atoms with Crippen molar-refractivity contribution in [2.45, 2.75) is 11.8 Å². The minimum atomic E-state index is -0.498. The molecule has 0 bridgehead atoms. The zero-order chi connectivity index (χ0) is 12.3. The van der Waals surface area contributed by atoms with Crippen molar-refractivity contribution in [3.05, 3.63) is 34.1 Å². The van der Waals surface area contributed by atoms with Crippen LogP contribution in [-0.2, 0) is 0 Å². The predicted octanol–water partition coefficient (Wildman–Crippen LogP) is 3.44. The van der Waals surface area contributed by atoms with Gasteiger partial charge in [0.2, 0.25) is 0 Å². The Morgan fingerprint density at radius 2 is 2.19 bits per heavy atom. The highest BCUT2D eigenvalue weighted by atomic mass is 79.9. The maximum atomic E-state index is 13.4. The van der Waals surface area contributed by atoms with E-state index >= 15 is 0 Å². The van der Waals surface area contributed by atoms with Gasteiger partial charge in [0.1, 0.15) is 5.82 Å². The second-order valence-corrected chi connectivity index (χ2v) is 6.07. The summed E-state index contributed by atoms with van der Waals surface area (Å²) in [5.74, 6) is -0.813. The molecule has 1 rings (SSSR count). The van der Waals surface area contributed by atoms with Crippen LogP contribution >= 0.6 is 31.9 Å². The Balaban J connectivity index is 2.91. The number of hydrogen-bond donors (Lipinski definition) is 0. The number of carbonyl (C=O) groups is 1. The first-order chi connectivity index (χ1) is 7.41. The van der Waals surface area contributed by atoms with Crippen molar-refractivity contribution in [3.63, 3.8) is 0 Å². The van der Waals surface area contributed by atoms with E-state index in [4.69, 9.17) is 0 Å². The maximum absolute atomic E-state index is 13.4. The molecule has 1 atom stereocenters. The molecule has 88 valence electrons. The molecule has 0 radical (unpaired) electrons. The first-order valence-corrected chi connectivity index (χ1v) is 6.47. The second-order valence-electron chi connectivity index (χ2n) is 3.59. The topological polar surface area (TPSA) is 20.3 Å². The van der Waals surface area contributed by atoms with Crippen LogP contribution in [0.4, 0.5) is 4.39 Å². The molecule has 0 saturated heterocycles. The van der Waals surface area contributed by atoms with Gasteiger partial charge in [-0.15, -0.1) is 0 Å². The van der Waals surface area contributed by atoms with E-state index in [-0.39, 0.29) is 16.3 Å². The summed E-state index contributed by atoms with van der Waals surface area (Å²) >= 11 is 6.57. The number of amides is 1. The molecule has 2 nitrogen and oxygen atoms in total. The Morgan fingerprint density at radius 1 is 1.56 bits per heavy atom. The standard InChI is InChI=1S/C11H12Br2FNO/c1-7(12)6-15(2)11(16)9-5-8(13)3-4-10(9)14/h3-5,7H,6H2,1-2H3. The molecule has 0 spiro atoms. The molecule has 0 aromatic heterocycles. The Morgan fingerprint density at radius 3 is 2.75 bits per heavy atom. The van der Waals surface area contributed by atoms with Crippen molar-refractivity contribution in [3.8, 4) is 0 Å². The normalized spacial score (nSPS) is 12.3. The summed E-state index contributed by atoms with van der Waals surface area (Å²) in [5.41, 5.74) is 0.0880. The molecule has 0 heterocycles. The predicted molar refractivity (Wildman–Crippen MR) is 69.4 cm³/mol. The molecule has 0 fully saturated rings. The second kappa shape index (κ2) is 5.77. The third kappa shape index (κ3) is 3.56. The van der Waals surface area contributed by atoms with Gasteiger partial charge in [-0.05, 0) is 18.2 Å². The van der Waals surface area contributed by atoms with Crippen molar-refractivity contribution in [1.29, 1.82) is 0 Å². The summed E-state index contributed by atoms with van der Waals surface area (Å²) in [4.78, 5) is 13.6. The van der Waals surface area contributed by atoms with Crippen LogP contribution in [0.15, 0.2) is 22.7 Å². The number of carbonyl (C=O) groups excluding carboxylic acids is 1. The number of benzene rings is 1. The quantitative estimate of drug-likeness (QED) is 0.763. The molecule has 0 N–H and O–H groups in total. The molecule has 1 amide bonds. The van der Waals surface area contributed by atoms with Gasteiger partial charge in [0.25, 0.3) is 5.91 Å². The first-order valence-electron chi connectivity index (χ1n) is 4.76. The number of alkyl halides is 1. The van der Waals surface area contributed by atoms with E-state index in [0.29, 0.717) is 11.0 Å². The maximum Gasteiger partial charge on any atom is 0.256 e. The van der Waals surface area contributed by atoms with Crippen LogP contribution in [0, 0.1) is 5.82 Å². The van der Waals surface area contributed by atoms with E-state index in [0.717, 1.165) is 0 Å². The zero-order valence-electron chi connectivity index (χ0n) is 9.01. The lowest BCUT2D eigenvalue weighted by Crippen LogP contribution is -2.31. The molecule has 0 saturated carbocycles. The molecular formula is C11H12Br2FNO. The molecule has 1 aromatic rings. The minimum absolute atomic E-state index is 0.0880. The average Bonchev–Trinajstić information content (AvgIpc) is 2.19. The molecule has 1 aromatic carbocycles. The van der Waals surface area contributed by atoms with Gasteiger partial charge >= 0.3 is 0 Å². The summed E-state index contributed by atoms with van der Waals surface area (Å²) in [6, 6.07) is 4.34. The van der Waals surface area contributed by atoms with Crippen molar-refractivity contribution in [1.82, 2.24) is 4.90 Å². The largest absolute Gasteiger partial charge is 0.341 e. The molecule has 5 heteroatoms. The van der Waals surface area contributed by atoms with Crippen molar-refractivity contribution < 1.29 is 9.18 Å². The Labute approximate surface area is 111 Å². The van der Waals surface area contributed by atoms with E-state index < -0.39 is 5.82 Å². The van der Waals surface area contributed by atoms with Gasteiger partial charge in [0, 0.05) is 22.9 Å². The van der Waals surface area contributed by atoms with Gasteiger partial charge < -0.3 is 4.90 Å². The minimum Gasteiger partial charge on any atom is -0.341 e. The highest BCUT2D eigenvalue weighted by molar-refractivity contribution is 9.10. The molecule has 0 aliphatic rings. The van der Waals surface area contributed by atoms with Crippen LogP contribution in [0.3, 0.4) is 0 Å². The average molecular weight is 353 g/mol. The van der Waals surface area contributed by atoms with E-state index in [1.807, 2.05) is 6.92 Å². The summed E-state index contributed by atoms with van der Waals surface area (Å²) in [5, 5.41) is 0. The highest BCUT2D eigenvalue weighted by Gasteiger charge is 2.17. The highest BCUT2D eigenvalue weighted by Crippen LogP contribution is 2.17. The monoisotopic (exact) mass is 351 g/mol. The number of hydrogen-bond acceptors (Lipinski definition) is 1. The fourth-order valence-corrected chi connectivity index (χ4v) is 2.12. The van der Waals surface area contributed by atoms with Crippen LogP contribution in [0.2, 0.25) is 0 Å². The van der Waals surface area contributed by atoms with Gasteiger partial charge in [-0.3, -0.25) is 4.79 Å². The van der Waals surface area contributed by atoms with Gasteiger partial charge in [-0.1, -0.05) is 38.8 Å². The third-order valence-corrected chi connectivity index (χ3v) is 2.81. The first kappa shape index (κ1) is 13.6. The third-order valence-electron chi connectivity index (χ3n) is 2.03. The van der Waals surface area contributed by atoms with Crippen molar-refractivity contribution >= 4 is 37.8 Å². The number of halogens is 3. The molecule has 1 unspecified atom stereocenters. The molecule has 0 aliphatic carbocycles. The summed E-state index contributed by atoms with van der Waals surface area (Å²) in [6.07, 6.45) is 0. The van der Waals surface area contributed by atoms with E-state index in [2.05, 4.69) is 31.9 Å². The summed E-state index contributed by atoms with van der Waals surface area (Å²) < 4.78 is 14.1. The van der Waals surface area contributed by atoms with Gasteiger partial charge in [0.15, 0.2) is 0 Å². The Kier molecular flexibility index (Phi) is 4.92. The van der Waals surface area contributed by atoms with E-state index in [1.54, 1.807) is 13.1 Å².